The summed E-state index contributed by atoms with van der Waals surface area (Å²) in [7, 11) is 3.97. The molecule has 2 aromatic rings. The summed E-state index contributed by atoms with van der Waals surface area (Å²) >= 11 is 0. The molecule has 0 bridgehead atoms. The molecule has 0 saturated carbocycles. The van der Waals surface area contributed by atoms with E-state index >= 15 is 0 Å². The number of carbonyl (C=O) groups is 1. The monoisotopic (exact) mass is 394 g/mol. The summed E-state index contributed by atoms with van der Waals surface area (Å²) in [4.78, 5) is 21.4. The highest BCUT2D eigenvalue weighted by molar-refractivity contribution is 5.95. The van der Waals surface area contributed by atoms with Crippen LogP contribution in [0, 0.1) is 0 Å². The van der Waals surface area contributed by atoms with Crippen LogP contribution in [0.15, 0.2) is 36.4 Å². The summed E-state index contributed by atoms with van der Waals surface area (Å²) in [6.07, 6.45) is 3.78. The van der Waals surface area contributed by atoms with Crippen molar-refractivity contribution in [2.45, 2.75) is 19.3 Å². The van der Waals surface area contributed by atoms with Gasteiger partial charge < -0.3 is 19.6 Å². The van der Waals surface area contributed by atoms with Crippen LogP contribution in [-0.4, -0.2) is 74.4 Å². The Labute approximate surface area is 172 Å². The molecule has 2 fully saturated rings. The lowest BCUT2D eigenvalue weighted by atomic mass is 10.1. The third-order valence-electron chi connectivity index (χ3n) is 5.82. The summed E-state index contributed by atoms with van der Waals surface area (Å²) in [5.74, 6) is 1.97. The molecule has 2 aliphatic rings. The fourth-order valence-corrected chi connectivity index (χ4v) is 4.02. The Morgan fingerprint density at radius 2 is 1.45 bits per heavy atom. The second kappa shape index (κ2) is 8.68. The minimum atomic E-state index is 0.0971. The Hall–Kier alpha value is -2.83. The van der Waals surface area contributed by atoms with Crippen molar-refractivity contribution in [3.8, 4) is 0 Å². The van der Waals surface area contributed by atoms with E-state index in [9.17, 15) is 4.79 Å². The summed E-state index contributed by atoms with van der Waals surface area (Å²) < 4.78 is 0. The molecule has 1 amide bonds. The summed E-state index contributed by atoms with van der Waals surface area (Å²) in [6, 6.07) is 12.0. The molecule has 0 spiro atoms. The van der Waals surface area contributed by atoms with Gasteiger partial charge in [-0.3, -0.25) is 4.79 Å². The fourth-order valence-electron chi connectivity index (χ4n) is 4.02. The lowest BCUT2D eigenvalue weighted by Crippen LogP contribution is -2.49. The molecule has 0 N–H and O–H groups in total. The van der Waals surface area contributed by atoms with Crippen LogP contribution in [0.4, 0.5) is 17.3 Å². The average Bonchev–Trinajstić information content (AvgIpc) is 2.79. The first kappa shape index (κ1) is 19.5. The number of rotatable bonds is 4. The highest BCUT2D eigenvalue weighted by Gasteiger charge is 2.23. The van der Waals surface area contributed by atoms with Gasteiger partial charge >= 0.3 is 0 Å². The second-order valence-corrected chi connectivity index (χ2v) is 8.02. The number of amides is 1. The van der Waals surface area contributed by atoms with Gasteiger partial charge in [-0.2, -0.15) is 0 Å². The number of aromatic nitrogens is 2. The Kier molecular flexibility index (Phi) is 5.83. The first-order chi connectivity index (χ1) is 14.1. The Morgan fingerprint density at radius 3 is 2.03 bits per heavy atom. The van der Waals surface area contributed by atoms with Crippen LogP contribution in [-0.2, 0) is 0 Å². The van der Waals surface area contributed by atoms with Gasteiger partial charge in [0, 0.05) is 64.6 Å². The largest absolute Gasteiger partial charge is 0.378 e. The number of benzene rings is 1. The molecule has 4 rings (SSSR count). The maximum absolute atomic E-state index is 12.9. The molecule has 154 valence electrons. The predicted molar refractivity (Wildman–Crippen MR) is 117 cm³/mol. The van der Waals surface area contributed by atoms with Crippen molar-refractivity contribution in [1.29, 1.82) is 0 Å². The van der Waals surface area contributed by atoms with Gasteiger partial charge in [0.25, 0.3) is 5.91 Å². The van der Waals surface area contributed by atoms with Crippen molar-refractivity contribution >= 4 is 23.2 Å². The molecule has 0 atom stereocenters. The standard InChI is InChI=1S/C22H30N6O/c1-25(2)19-8-6-7-18(17-19)22(29)28-15-13-27(14-16-28)21-10-9-20(23-24-21)26-11-4-3-5-12-26/h6-10,17H,3-5,11-16H2,1-2H3. The van der Waals surface area contributed by atoms with Crippen molar-refractivity contribution in [3.63, 3.8) is 0 Å². The Bertz CT molecular complexity index is 823. The minimum absolute atomic E-state index is 0.0971. The highest BCUT2D eigenvalue weighted by atomic mass is 16.2. The number of hydrogen-bond donors (Lipinski definition) is 0. The summed E-state index contributed by atoms with van der Waals surface area (Å²) in [5.41, 5.74) is 1.79. The van der Waals surface area contributed by atoms with Gasteiger partial charge in [0.1, 0.15) is 0 Å². The van der Waals surface area contributed by atoms with Crippen LogP contribution < -0.4 is 14.7 Å². The zero-order valence-electron chi connectivity index (χ0n) is 17.4. The summed E-state index contributed by atoms with van der Waals surface area (Å²) in [6.45, 7) is 5.09. The predicted octanol–water partition coefficient (Wildman–Crippen LogP) is 2.50. The molecule has 3 heterocycles. The number of piperidine rings is 1. The van der Waals surface area contributed by atoms with Crippen LogP contribution in [0.3, 0.4) is 0 Å². The normalized spacial score (nSPS) is 17.4. The molecule has 2 aliphatic heterocycles. The first-order valence-electron chi connectivity index (χ1n) is 10.5. The molecule has 7 nitrogen and oxygen atoms in total. The number of nitrogens with zero attached hydrogens (tertiary/aromatic N) is 6. The maximum atomic E-state index is 12.9. The molecule has 2 saturated heterocycles. The van der Waals surface area contributed by atoms with E-state index in [1.807, 2.05) is 48.2 Å². The summed E-state index contributed by atoms with van der Waals surface area (Å²) in [5, 5.41) is 8.92. The third-order valence-corrected chi connectivity index (χ3v) is 5.82. The van der Waals surface area contributed by atoms with Gasteiger partial charge in [-0.1, -0.05) is 6.07 Å². The van der Waals surface area contributed by atoms with E-state index in [1.165, 1.54) is 19.3 Å². The van der Waals surface area contributed by atoms with Crippen LogP contribution in [0.5, 0.6) is 0 Å². The van der Waals surface area contributed by atoms with E-state index in [2.05, 4.69) is 32.1 Å². The third kappa shape index (κ3) is 4.44. The van der Waals surface area contributed by atoms with E-state index in [1.54, 1.807) is 0 Å². The molecule has 29 heavy (non-hydrogen) atoms. The lowest BCUT2D eigenvalue weighted by Gasteiger charge is -2.35. The number of anilines is 3. The highest BCUT2D eigenvalue weighted by Crippen LogP contribution is 2.21. The van der Waals surface area contributed by atoms with Gasteiger partial charge in [-0.15, -0.1) is 10.2 Å². The maximum Gasteiger partial charge on any atom is 0.254 e. The quantitative estimate of drug-likeness (QED) is 0.794. The van der Waals surface area contributed by atoms with Crippen LogP contribution in [0.25, 0.3) is 0 Å². The fraction of sp³-hybridized carbons (Fsp3) is 0.500. The Morgan fingerprint density at radius 1 is 0.828 bits per heavy atom. The smallest absolute Gasteiger partial charge is 0.254 e. The van der Waals surface area contributed by atoms with E-state index in [-0.39, 0.29) is 5.91 Å². The number of piperazine rings is 1. The van der Waals surface area contributed by atoms with Crippen LogP contribution in [0.2, 0.25) is 0 Å². The van der Waals surface area contributed by atoms with Gasteiger partial charge in [0.15, 0.2) is 11.6 Å². The molecule has 0 radical (unpaired) electrons. The van der Waals surface area contributed by atoms with Gasteiger partial charge in [-0.05, 0) is 49.6 Å². The topological polar surface area (TPSA) is 55.8 Å². The zero-order valence-corrected chi connectivity index (χ0v) is 17.4. The van der Waals surface area contributed by atoms with Crippen LogP contribution >= 0.6 is 0 Å². The molecule has 0 aliphatic carbocycles. The van der Waals surface area contributed by atoms with Gasteiger partial charge in [0.05, 0.1) is 0 Å². The van der Waals surface area contributed by atoms with E-state index in [0.29, 0.717) is 13.1 Å². The van der Waals surface area contributed by atoms with Crippen LogP contribution in [0.1, 0.15) is 29.6 Å². The van der Waals surface area contributed by atoms with Crippen molar-refractivity contribution in [1.82, 2.24) is 15.1 Å². The van der Waals surface area contributed by atoms with Crippen molar-refractivity contribution < 1.29 is 4.79 Å². The lowest BCUT2D eigenvalue weighted by molar-refractivity contribution is 0.0746. The molecule has 1 aromatic carbocycles. The zero-order chi connectivity index (χ0) is 20.2. The van der Waals surface area contributed by atoms with Crippen molar-refractivity contribution in [3.05, 3.63) is 42.0 Å². The first-order valence-corrected chi connectivity index (χ1v) is 10.5. The second-order valence-electron chi connectivity index (χ2n) is 8.02. The van der Waals surface area contributed by atoms with Gasteiger partial charge in [0.2, 0.25) is 0 Å². The SMILES string of the molecule is CN(C)c1cccc(C(=O)N2CCN(c3ccc(N4CCCCC4)nn3)CC2)c1. The van der Waals surface area contributed by atoms with E-state index < -0.39 is 0 Å². The van der Waals surface area contributed by atoms with Crippen molar-refractivity contribution in [2.24, 2.45) is 0 Å². The van der Waals surface area contributed by atoms with Gasteiger partial charge in [-0.25, -0.2) is 0 Å². The Balaban J connectivity index is 1.35. The molecule has 0 unspecified atom stereocenters. The van der Waals surface area contributed by atoms with Crippen molar-refractivity contribution in [2.75, 3.05) is 68.1 Å². The van der Waals surface area contributed by atoms with E-state index in [4.69, 9.17) is 0 Å². The molecule has 1 aromatic heterocycles. The molecule has 7 heteroatoms. The minimum Gasteiger partial charge on any atom is -0.378 e. The van der Waals surface area contributed by atoms with E-state index in [0.717, 1.165) is 49.1 Å². The average molecular weight is 395 g/mol. The number of carbonyl (C=O) groups excluding carboxylic acids is 1. The number of hydrogen-bond acceptors (Lipinski definition) is 6. The molecular weight excluding hydrogens is 364 g/mol. The molecular formula is C22H30N6O.